The maximum atomic E-state index is 10.8. The highest BCUT2D eigenvalue weighted by Crippen LogP contribution is 2.21. The van der Waals surface area contributed by atoms with Crippen LogP contribution in [0.5, 0.6) is 0 Å². The molecule has 13 heavy (non-hydrogen) atoms. The maximum Gasteiger partial charge on any atom is 0.253 e. The van der Waals surface area contributed by atoms with Crippen molar-refractivity contribution in [3.05, 3.63) is 34.9 Å². The second-order valence-electron chi connectivity index (χ2n) is 2.94. The molecule has 1 amide bonds. The number of aliphatic hydroxyl groups is 1. The summed E-state index contributed by atoms with van der Waals surface area (Å²) in [5.41, 5.74) is 3.82. The average molecular weight is 200 g/mol. The van der Waals surface area contributed by atoms with E-state index in [2.05, 4.69) is 0 Å². The van der Waals surface area contributed by atoms with Gasteiger partial charge in [-0.25, -0.2) is 0 Å². The highest BCUT2D eigenvalue weighted by atomic mass is 35.5. The summed E-state index contributed by atoms with van der Waals surface area (Å²) in [4.78, 5) is 10.8. The van der Waals surface area contributed by atoms with Crippen molar-refractivity contribution in [3.8, 4) is 0 Å². The Labute approximate surface area is 81.1 Å². The molecule has 70 valence electrons. The Kier molecular flexibility index (Phi) is 2.59. The zero-order valence-electron chi connectivity index (χ0n) is 7.12. The molecule has 3 nitrogen and oxygen atoms in total. The fraction of sp³-hybridized carbons (Fsp3) is 0.222. The SMILES string of the molecule is C[C@@](O)(C(N)=O)c1ccc(Cl)cc1. The minimum absolute atomic E-state index is 0.435. The van der Waals surface area contributed by atoms with Crippen molar-refractivity contribution in [1.82, 2.24) is 0 Å². The number of primary amides is 1. The third-order valence-electron chi connectivity index (χ3n) is 1.89. The van der Waals surface area contributed by atoms with Crippen LogP contribution in [-0.2, 0) is 10.4 Å². The molecule has 0 aliphatic rings. The lowest BCUT2D eigenvalue weighted by molar-refractivity contribution is -0.135. The van der Waals surface area contributed by atoms with E-state index in [1.165, 1.54) is 6.92 Å². The van der Waals surface area contributed by atoms with Crippen molar-refractivity contribution < 1.29 is 9.90 Å². The predicted octanol–water partition coefficient (Wildman–Crippen LogP) is 1.03. The lowest BCUT2D eigenvalue weighted by atomic mass is 9.96. The Morgan fingerprint density at radius 2 is 1.92 bits per heavy atom. The molecule has 0 saturated heterocycles. The van der Waals surface area contributed by atoms with Gasteiger partial charge in [0.1, 0.15) is 0 Å². The Balaban J connectivity index is 3.08. The summed E-state index contributed by atoms with van der Waals surface area (Å²) in [6, 6.07) is 6.31. The van der Waals surface area contributed by atoms with E-state index in [4.69, 9.17) is 17.3 Å². The molecule has 1 aromatic rings. The molecule has 0 bridgehead atoms. The molecule has 1 atom stereocenters. The van der Waals surface area contributed by atoms with Gasteiger partial charge < -0.3 is 10.8 Å². The van der Waals surface area contributed by atoms with Gasteiger partial charge in [0.15, 0.2) is 5.60 Å². The second kappa shape index (κ2) is 3.36. The molecular formula is C9H10ClNO2. The number of rotatable bonds is 2. The van der Waals surface area contributed by atoms with Crippen LogP contribution in [-0.4, -0.2) is 11.0 Å². The number of benzene rings is 1. The fourth-order valence-electron chi connectivity index (χ4n) is 0.917. The monoisotopic (exact) mass is 199 g/mol. The third kappa shape index (κ3) is 1.99. The van der Waals surface area contributed by atoms with Gasteiger partial charge in [-0.1, -0.05) is 23.7 Å². The average Bonchev–Trinajstić information content (AvgIpc) is 2.04. The summed E-state index contributed by atoms with van der Waals surface area (Å²) in [6.07, 6.45) is 0. The van der Waals surface area contributed by atoms with E-state index in [9.17, 15) is 9.90 Å². The summed E-state index contributed by atoms with van der Waals surface area (Å²) in [7, 11) is 0. The standard InChI is InChI=1S/C9H10ClNO2/c1-9(13,8(11)12)6-2-4-7(10)5-3-6/h2-5,13H,1H3,(H2,11,12)/t9-/m0/s1. The van der Waals surface area contributed by atoms with Crippen LogP contribution in [0, 0.1) is 0 Å². The van der Waals surface area contributed by atoms with Crippen molar-refractivity contribution >= 4 is 17.5 Å². The van der Waals surface area contributed by atoms with Gasteiger partial charge in [-0.15, -0.1) is 0 Å². The first-order valence-corrected chi connectivity index (χ1v) is 4.10. The van der Waals surface area contributed by atoms with Gasteiger partial charge >= 0.3 is 0 Å². The van der Waals surface area contributed by atoms with Gasteiger partial charge in [0.05, 0.1) is 0 Å². The summed E-state index contributed by atoms with van der Waals surface area (Å²) in [5, 5.41) is 10.2. The highest BCUT2D eigenvalue weighted by Gasteiger charge is 2.29. The zero-order valence-corrected chi connectivity index (χ0v) is 7.88. The van der Waals surface area contributed by atoms with E-state index in [-0.39, 0.29) is 0 Å². The molecule has 0 aromatic heterocycles. The van der Waals surface area contributed by atoms with Gasteiger partial charge in [0.2, 0.25) is 0 Å². The topological polar surface area (TPSA) is 63.3 Å². The first kappa shape index (κ1) is 10.0. The third-order valence-corrected chi connectivity index (χ3v) is 2.14. The molecule has 3 N–H and O–H groups in total. The van der Waals surface area contributed by atoms with E-state index in [1.807, 2.05) is 0 Å². The van der Waals surface area contributed by atoms with Crippen LogP contribution in [0.4, 0.5) is 0 Å². The van der Waals surface area contributed by atoms with Crippen LogP contribution in [0.3, 0.4) is 0 Å². The molecule has 1 rings (SSSR count). The molecule has 0 fully saturated rings. The summed E-state index contributed by atoms with van der Waals surface area (Å²) in [6.45, 7) is 1.35. The maximum absolute atomic E-state index is 10.8. The molecule has 0 saturated carbocycles. The van der Waals surface area contributed by atoms with Crippen LogP contribution in [0.1, 0.15) is 12.5 Å². The van der Waals surface area contributed by atoms with Crippen LogP contribution in [0.15, 0.2) is 24.3 Å². The van der Waals surface area contributed by atoms with Gasteiger partial charge in [0.25, 0.3) is 5.91 Å². The van der Waals surface area contributed by atoms with Crippen molar-refractivity contribution in [2.24, 2.45) is 5.73 Å². The van der Waals surface area contributed by atoms with Crippen LogP contribution in [0.2, 0.25) is 5.02 Å². The van der Waals surface area contributed by atoms with Crippen LogP contribution in [0.25, 0.3) is 0 Å². The van der Waals surface area contributed by atoms with E-state index in [0.29, 0.717) is 10.6 Å². The van der Waals surface area contributed by atoms with Gasteiger partial charge in [-0.05, 0) is 24.6 Å². The number of nitrogens with two attached hydrogens (primary N) is 1. The van der Waals surface area contributed by atoms with E-state index in [1.54, 1.807) is 24.3 Å². The van der Waals surface area contributed by atoms with Crippen molar-refractivity contribution in [3.63, 3.8) is 0 Å². The van der Waals surface area contributed by atoms with Gasteiger partial charge in [0, 0.05) is 5.02 Å². The molecule has 0 unspecified atom stereocenters. The minimum Gasteiger partial charge on any atom is -0.376 e. The largest absolute Gasteiger partial charge is 0.376 e. The lowest BCUT2D eigenvalue weighted by Gasteiger charge is -2.19. The summed E-state index contributed by atoms with van der Waals surface area (Å²) < 4.78 is 0. The molecule has 4 heteroatoms. The van der Waals surface area contributed by atoms with Gasteiger partial charge in [-0.2, -0.15) is 0 Å². The van der Waals surface area contributed by atoms with E-state index < -0.39 is 11.5 Å². The molecule has 1 aromatic carbocycles. The smallest absolute Gasteiger partial charge is 0.253 e. The molecule has 0 spiro atoms. The number of carbonyl (C=O) groups excluding carboxylic acids is 1. The summed E-state index contributed by atoms with van der Waals surface area (Å²) in [5.74, 6) is -0.783. The fourth-order valence-corrected chi connectivity index (χ4v) is 1.04. The second-order valence-corrected chi connectivity index (χ2v) is 3.38. The minimum atomic E-state index is -1.63. The van der Waals surface area contributed by atoms with E-state index >= 15 is 0 Å². The molecule has 0 heterocycles. The number of hydrogen-bond donors (Lipinski definition) is 2. The normalized spacial score (nSPS) is 15.0. The molecule has 0 aliphatic carbocycles. The number of amides is 1. The number of hydrogen-bond acceptors (Lipinski definition) is 2. The molecule has 0 aliphatic heterocycles. The number of halogens is 1. The van der Waals surface area contributed by atoms with E-state index in [0.717, 1.165) is 0 Å². The Hall–Kier alpha value is -1.06. The Morgan fingerprint density at radius 1 is 1.46 bits per heavy atom. The predicted molar refractivity (Wildman–Crippen MR) is 50.2 cm³/mol. The van der Waals surface area contributed by atoms with Crippen LogP contribution >= 0.6 is 11.6 Å². The summed E-state index contributed by atoms with van der Waals surface area (Å²) >= 11 is 5.64. The van der Waals surface area contributed by atoms with Crippen molar-refractivity contribution in [1.29, 1.82) is 0 Å². The van der Waals surface area contributed by atoms with Gasteiger partial charge in [-0.3, -0.25) is 4.79 Å². The lowest BCUT2D eigenvalue weighted by Crippen LogP contribution is -2.38. The van der Waals surface area contributed by atoms with Crippen LogP contribution < -0.4 is 5.73 Å². The first-order chi connectivity index (χ1) is 5.94. The Morgan fingerprint density at radius 3 is 2.31 bits per heavy atom. The quantitative estimate of drug-likeness (QED) is 0.748. The number of carbonyl (C=O) groups is 1. The van der Waals surface area contributed by atoms with Crippen molar-refractivity contribution in [2.75, 3.05) is 0 Å². The first-order valence-electron chi connectivity index (χ1n) is 3.73. The van der Waals surface area contributed by atoms with Crippen molar-refractivity contribution in [2.45, 2.75) is 12.5 Å². The highest BCUT2D eigenvalue weighted by molar-refractivity contribution is 6.30. The molecular weight excluding hydrogens is 190 g/mol. The molecule has 0 radical (unpaired) electrons. The zero-order chi connectivity index (χ0) is 10.1. The Bertz CT molecular complexity index is 319.